The van der Waals surface area contributed by atoms with Gasteiger partial charge in [0, 0.05) is 14.2 Å². The fourth-order valence-corrected chi connectivity index (χ4v) is 12.2. The average Bonchev–Trinajstić information content (AvgIpc) is 3.76. The molecule has 6 saturated carbocycles. The number of ether oxygens (including phenoxy) is 2. The van der Waals surface area contributed by atoms with Gasteiger partial charge in [0.15, 0.2) is 0 Å². The van der Waals surface area contributed by atoms with Gasteiger partial charge in [0.05, 0.1) is 12.2 Å². The van der Waals surface area contributed by atoms with Crippen LogP contribution < -0.4 is 0 Å². The van der Waals surface area contributed by atoms with Gasteiger partial charge in [-0.3, -0.25) is 0 Å². The highest BCUT2D eigenvalue weighted by molar-refractivity contribution is 5.21. The molecular formula is C35H54O2. The van der Waals surface area contributed by atoms with Gasteiger partial charge in [0.25, 0.3) is 0 Å². The summed E-state index contributed by atoms with van der Waals surface area (Å²) >= 11 is 0. The van der Waals surface area contributed by atoms with Crippen LogP contribution in [-0.2, 0) is 9.47 Å². The van der Waals surface area contributed by atoms with E-state index in [-0.39, 0.29) is 0 Å². The van der Waals surface area contributed by atoms with Crippen LogP contribution in [0.4, 0.5) is 0 Å². The zero-order chi connectivity index (χ0) is 25.3. The molecule has 16 unspecified atom stereocenters. The fourth-order valence-electron chi connectivity index (χ4n) is 12.2. The number of rotatable bonds is 4. The summed E-state index contributed by atoms with van der Waals surface area (Å²) in [5, 5.41) is 0. The van der Waals surface area contributed by atoms with Crippen molar-refractivity contribution in [3.05, 3.63) is 24.3 Å². The summed E-state index contributed by atoms with van der Waals surface area (Å²) in [6.45, 7) is 4.78. The van der Waals surface area contributed by atoms with E-state index in [0.717, 1.165) is 82.9 Å². The monoisotopic (exact) mass is 506 g/mol. The second-order valence-corrected chi connectivity index (χ2v) is 15.3. The molecule has 6 fully saturated rings. The standard InChI is InChI=1S/C20H30O.C15H24O/c1-11-7-12(5-6-18(11)21-2)16-9-15-10-17(16)20-14-4-3-13(8-14)19(15)20;1-10-3-5-13(9-15(10)16-2)14-8-11-4-6-12(14)7-11/h3-4,11-20H,5-10H2,1-2H3;4,6,10-15H,3,5,7-9H2,1-2H3. The fraction of sp³-hybridized carbons (Fsp3) is 0.886. The first kappa shape index (κ1) is 25.4. The van der Waals surface area contributed by atoms with Gasteiger partial charge in [-0.25, -0.2) is 0 Å². The van der Waals surface area contributed by atoms with Crippen molar-refractivity contribution in [2.75, 3.05) is 14.2 Å². The molecule has 0 aromatic heterocycles. The molecule has 37 heavy (non-hydrogen) atoms. The predicted molar refractivity (Wildman–Crippen MR) is 151 cm³/mol. The summed E-state index contributed by atoms with van der Waals surface area (Å²) in [5.74, 6) is 13.8. The van der Waals surface area contributed by atoms with Gasteiger partial charge in [-0.2, -0.15) is 0 Å². The second-order valence-electron chi connectivity index (χ2n) is 15.3. The van der Waals surface area contributed by atoms with E-state index < -0.39 is 0 Å². The van der Waals surface area contributed by atoms with E-state index >= 15 is 0 Å². The maximum absolute atomic E-state index is 5.68. The molecule has 0 aliphatic heterocycles. The van der Waals surface area contributed by atoms with Crippen molar-refractivity contribution >= 4 is 0 Å². The highest BCUT2D eigenvalue weighted by Gasteiger charge is 2.61. The van der Waals surface area contributed by atoms with Crippen molar-refractivity contribution in [2.45, 2.75) is 96.7 Å². The molecule has 0 saturated heterocycles. The van der Waals surface area contributed by atoms with Crippen molar-refractivity contribution in [1.82, 2.24) is 0 Å². The van der Waals surface area contributed by atoms with Gasteiger partial charge in [-0.05, 0) is 153 Å². The smallest absolute Gasteiger partial charge is 0.0599 e. The molecule has 0 aromatic rings. The minimum atomic E-state index is 0.529. The molecule has 0 spiro atoms. The van der Waals surface area contributed by atoms with E-state index in [2.05, 4.69) is 38.2 Å². The lowest BCUT2D eigenvalue weighted by Gasteiger charge is -2.43. The minimum absolute atomic E-state index is 0.529. The van der Waals surface area contributed by atoms with Crippen molar-refractivity contribution in [3.63, 3.8) is 0 Å². The van der Waals surface area contributed by atoms with Gasteiger partial charge < -0.3 is 9.47 Å². The zero-order valence-electron chi connectivity index (χ0n) is 24.1. The van der Waals surface area contributed by atoms with Crippen molar-refractivity contribution in [2.24, 2.45) is 82.9 Å². The maximum Gasteiger partial charge on any atom is 0.0599 e. The molecule has 206 valence electrons. The Hall–Kier alpha value is -0.600. The predicted octanol–water partition coefficient (Wildman–Crippen LogP) is 8.18. The number of hydrogen-bond acceptors (Lipinski definition) is 2. The van der Waals surface area contributed by atoms with E-state index in [0.29, 0.717) is 12.2 Å². The lowest BCUT2D eigenvalue weighted by atomic mass is 9.63. The van der Waals surface area contributed by atoms with Crippen LogP contribution in [0, 0.1) is 82.9 Å². The number of fused-ring (bicyclic) bond motifs is 11. The Morgan fingerprint density at radius 3 is 1.89 bits per heavy atom. The Morgan fingerprint density at radius 1 is 0.486 bits per heavy atom. The highest BCUT2D eigenvalue weighted by Crippen LogP contribution is 2.68. The van der Waals surface area contributed by atoms with Crippen LogP contribution in [0.25, 0.3) is 0 Å². The molecule has 6 bridgehead atoms. The Labute approximate surface area is 227 Å². The molecule has 8 aliphatic rings. The summed E-state index contributed by atoms with van der Waals surface area (Å²) in [4.78, 5) is 0. The largest absolute Gasteiger partial charge is 0.381 e. The topological polar surface area (TPSA) is 18.5 Å². The normalized spacial score (nSPS) is 56.5. The lowest BCUT2D eigenvalue weighted by Crippen LogP contribution is -2.38. The first-order valence-electron chi connectivity index (χ1n) is 16.5. The molecule has 0 aromatic carbocycles. The van der Waals surface area contributed by atoms with Crippen LogP contribution in [0.1, 0.15) is 84.5 Å². The Bertz CT molecular complexity index is 876. The van der Waals surface area contributed by atoms with Crippen molar-refractivity contribution in [1.29, 1.82) is 0 Å². The first-order valence-corrected chi connectivity index (χ1v) is 16.5. The third-order valence-corrected chi connectivity index (χ3v) is 13.8. The first-order chi connectivity index (χ1) is 18.0. The highest BCUT2D eigenvalue weighted by atomic mass is 16.5. The Morgan fingerprint density at radius 2 is 1.19 bits per heavy atom. The van der Waals surface area contributed by atoms with Gasteiger partial charge in [-0.1, -0.05) is 38.2 Å². The van der Waals surface area contributed by atoms with Gasteiger partial charge >= 0.3 is 0 Å². The van der Waals surface area contributed by atoms with Crippen LogP contribution in [-0.4, -0.2) is 26.4 Å². The van der Waals surface area contributed by atoms with Crippen LogP contribution in [0.3, 0.4) is 0 Å². The van der Waals surface area contributed by atoms with Crippen LogP contribution in [0.5, 0.6) is 0 Å². The van der Waals surface area contributed by atoms with Gasteiger partial charge in [0.2, 0.25) is 0 Å². The van der Waals surface area contributed by atoms with Gasteiger partial charge in [-0.15, -0.1) is 0 Å². The van der Waals surface area contributed by atoms with Crippen molar-refractivity contribution < 1.29 is 9.47 Å². The minimum Gasteiger partial charge on any atom is -0.381 e. The maximum atomic E-state index is 5.68. The quantitative estimate of drug-likeness (QED) is 0.283. The Kier molecular flexibility index (Phi) is 6.93. The molecule has 8 rings (SSSR count). The van der Waals surface area contributed by atoms with E-state index in [1.165, 1.54) is 57.8 Å². The Balaban J connectivity index is 0.000000130. The lowest BCUT2D eigenvalue weighted by molar-refractivity contribution is -0.00892. The van der Waals surface area contributed by atoms with Crippen LogP contribution in [0.15, 0.2) is 24.3 Å². The van der Waals surface area contributed by atoms with E-state index in [9.17, 15) is 0 Å². The van der Waals surface area contributed by atoms with Gasteiger partial charge in [0.1, 0.15) is 0 Å². The number of allylic oxidation sites excluding steroid dienone is 4. The summed E-state index contributed by atoms with van der Waals surface area (Å²) in [7, 11) is 3.80. The molecule has 2 nitrogen and oxygen atoms in total. The molecule has 16 atom stereocenters. The zero-order valence-corrected chi connectivity index (χ0v) is 24.1. The third kappa shape index (κ3) is 4.34. The van der Waals surface area contributed by atoms with E-state index in [4.69, 9.17) is 9.47 Å². The molecule has 0 amide bonds. The van der Waals surface area contributed by atoms with Crippen LogP contribution in [0.2, 0.25) is 0 Å². The molecular weight excluding hydrogens is 452 g/mol. The molecule has 0 radical (unpaired) electrons. The molecule has 8 aliphatic carbocycles. The summed E-state index contributed by atoms with van der Waals surface area (Å²) in [6.07, 6.45) is 27.1. The third-order valence-electron chi connectivity index (χ3n) is 13.8. The summed E-state index contributed by atoms with van der Waals surface area (Å²) in [6, 6.07) is 0. The summed E-state index contributed by atoms with van der Waals surface area (Å²) < 4.78 is 11.3. The average molecular weight is 507 g/mol. The van der Waals surface area contributed by atoms with E-state index in [1.807, 2.05) is 14.2 Å². The molecule has 0 heterocycles. The summed E-state index contributed by atoms with van der Waals surface area (Å²) in [5.41, 5.74) is 0. The molecule has 2 heteroatoms. The van der Waals surface area contributed by atoms with E-state index in [1.54, 1.807) is 12.8 Å². The van der Waals surface area contributed by atoms with Crippen LogP contribution >= 0.6 is 0 Å². The molecule has 0 N–H and O–H groups in total. The van der Waals surface area contributed by atoms with Crippen molar-refractivity contribution in [3.8, 4) is 0 Å². The SMILES string of the molecule is COC1CC(C2CC3C=CC2C3)CCC1C.COC1CCC(C2CC3CC2C2C4C=CC(C4)C32)CC1C. The second kappa shape index (κ2) is 10.1. The number of hydrogen-bond donors (Lipinski definition) is 0. The number of methoxy groups -OCH3 is 2.